The molecule has 1 aromatic carbocycles. The topological polar surface area (TPSA) is 49.9 Å². The van der Waals surface area contributed by atoms with Crippen molar-refractivity contribution in [1.29, 1.82) is 0 Å². The van der Waals surface area contributed by atoms with Crippen LogP contribution in [0, 0.1) is 0 Å². The summed E-state index contributed by atoms with van der Waals surface area (Å²) >= 11 is 7.43. The molecule has 0 radical (unpaired) electrons. The SMILES string of the molecule is O=C1CSCc2c1c(=O)[nH]c1cc(Cl)ccc21. The number of halogens is 1. The highest BCUT2D eigenvalue weighted by Crippen LogP contribution is 2.29. The van der Waals surface area contributed by atoms with Crippen LogP contribution in [0.4, 0.5) is 0 Å². The first-order chi connectivity index (χ1) is 8.16. The van der Waals surface area contributed by atoms with Gasteiger partial charge in [0.05, 0.1) is 16.8 Å². The van der Waals surface area contributed by atoms with Gasteiger partial charge in [-0.05, 0) is 17.7 Å². The molecule has 0 saturated heterocycles. The van der Waals surface area contributed by atoms with E-state index in [1.165, 1.54) is 11.8 Å². The van der Waals surface area contributed by atoms with Crippen molar-refractivity contribution in [2.45, 2.75) is 5.75 Å². The lowest BCUT2D eigenvalue weighted by molar-refractivity contribution is 0.101. The van der Waals surface area contributed by atoms with Gasteiger partial charge < -0.3 is 4.98 Å². The van der Waals surface area contributed by atoms with Gasteiger partial charge in [-0.1, -0.05) is 17.7 Å². The van der Waals surface area contributed by atoms with Crippen molar-refractivity contribution in [1.82, 2.24) is 4.98 Å². The van der Waals surface area contributed by atoms with Crippen LogP contribution >= 0.6 is 23.4 Å². The average molecular weight is 266 g/mol. The summed E-state index contributed by atoms with van der Waals surface area (Å²) in [7, 11) is 0. The Labute approximate surface area is 106 Å². The minimum Gasteiger partial charge on any atom is -0.321 e. The first-order valence-electron chi connectivity index (χ1n) is 5.12. The molecular weight excluding hydrogens is 258 g/mol. The predicted molar refractivity (Wildman–Crippen MR) is 70.1 cm³/mol. The van der Waals surface area contributed by atoms with Crippen molar-refractivity contribution in [2.24, 2.45) is 0 Å². The maximum Gasteiger partial charge on any atom is 0.259 e. The minimum atomic E-state index is -0.305. The highest BCUT2D eigenvalue weighted by Gasteiger charge is 2.23. The Kier molecular flexibility index (Phi) is 2.49. The highest BCUT2D eigenvalue weighted by molar-refractivity contribution is 7.99. The zero-order chi connectivity index (χ0) is 12.0. The first kappa shape index (κ1) is 10.9. The molecule has 0 unspecified atom stereocenters. The molecule has 0 bridgehead atoms. The summed E-state index contributed by atoms with van der Waals surface area (Å²) in [4.78, 5) is 26.3. The average Bonchev–Trinajstić information content (AvgIpc) is 2.28. The number of aromatic nitrogens is 1. The smallest absolute Gasteiger partial charge is 0.259 e. The monoisotopic (exact) mass is 265 g/mol. The molecule has 2 aromatic rings. The van der Waals surface area contributed by atoms with Crippen molar-refractivity contribution < 1.29 is 4.79 Å². The quantitative estimate of drug-likeness (QED) is 0.797. The van der Waals surface area contributed by atoms with Gasteiger partial charge in [-0.2, -0.15) is 0 Å². The number of Topliss-reactive ketones (excluding diaryl/α,β-unsaturated/α-hetero) is 1. The molecule has 0 amide bonds. The van der Waals surface area contributed by atoms with Crippen LogP contribution in [-0.4, -0.2) is 16.5 Å². The van der Waals surface area contributed by atoms with Gasteiger partial charge in [0.25, 0.3) is 5.56 Å². The Morgan fingerprint density at radius 2 is 2.06 bits per heavy atom. The van der Waals surface area contributed by atoms with E-state index in [9.17, 15) is 9.59 Å². The second-order valence-electron chi connectivity index (χ2n) is 3.91. The number of fused-ring (bicyclic) bond motifs is 3. The molecule has 0 aliphatic carbocycles. The molecule has 0 saturated carbocycles. The van der Waals surface area contributed by atoms with E-state index >= 15 is 0 Å². The third-order valence-corrected chi connectivity index (χ3v) is 4.04. The number of ketones is 1. The lowest BCUT2D eigenvalue weighted by Gasteiger charge is -2.15. The number of nitrogens with one attached hydrogen (secondary N) is 1. The molecule has 3 nitrogen and oxygen atoms in total. The molecule has 5 heteroatoms. The van der Waals surface area contributed by atoms with Gasteiger partial charge in [-0.25, -0.2) is 0 Å². The summed E-state index contributed by atoms with van der Waals surface area (Å²) < 4.78 is 0. The van der Waals surface area contributed by atoms with Gasteiger partial charge in [0, 0.05) is 16.2 Å². The fraction of sp³-hybridized carbons (Fsp3) is 0.167. The number of hydrogen-bond donors (Lipinski definition) is 1. The van der Waals surface area contributed by atoms with E-state index in [2.05, 4.69) is 4.98 Å². The van der Waals surface area contributed by atoms with Gasteiger partial charge >= 0.3 is 0 Å². The van der Waals surface area contributed by atoms with E-state index in [0.717, 1.165) is 10.9 Å². The maximum atomic E-state index is 11.9. The number of benzene rings is 1. The highest BCUT2D eigenvalue weighted by atomic mass is 35.5. The van der Waals surface area contributed by atoms with Crippen LogP contribution in [0.25, 0.3) is 10.9 Å². The number of H-pyrrole nitrogens is 1. The molecule has 1 aliphatic heterocycles. The van der Waals surface area contributed by atoms with Crippen LogP contribution < -0.4 is 5.56 Å². The number of aromatic amines is 1. The molecule has 1 aromatic heterocycles. The van der Waals surface area contributed by atoms with Gasteiger partial charge in [0.2, 0.25) is 0 Å². The largest absolute Gasteiger partial charge is 0.321 e. The van der Waals surface area contributed by atoms with Gasteiger partial charge in [0.15, 0.2) is 5.78 Å². The van der Waals surface area contributed by atoms with E-state index in [-0.39, 0.29) is 11.3 Å². The summed E-state index contributed by atoms with van der Waals surface area (Å²) in [5.41, 5.74) is 1.54. The van der Waals surface area contributed by atoms with Crippen LogP contribution in [0.5, 0.6) is 0 Å². The molecule has 0 spiro atoms. The van der Waals surface area contributed by atoms with Crippen LogP contribution in [0.15, 0.2) is 23.0 Å². The zero-order valence-electron chi connectivity index (χ0n) is 8.75. The second-order valence-corrected chi connectivity index (χ2v) is 5.34. The summed E-state index contributed by atoms with van der Waals surface area (Å²) in [5.74, 6) is 0.993. The number of rotatable bonds is 0. The van der Waals surface area contributed by atoms with Crippen molar-refractivity contribution in [3.8, 4) is 0 Å². The third-order valence-electron chi connectivity index (χ3n) is 2.84. The van der Waals surface area contributed by atoms with Crippen molar-refractivity contribution >= 4 is 40.0 Å². The number of carbonyl (C=O) groups excluding carboxylic acids is 1. The summed E-state index contributed by atoms with van der Waals surface area (Å²) in [6, 6.07) is 5.33. The van der Waals surface area contributed by atoms with E-state index < -0.39 is 0 Å². The minimum absolute atomic E-state index is 0.0886. The lowest BCUT2D eigenvalue weighted by atomic mass is 10.0. The summed E-state index contributed by atoms with van der Waals surface area (Å²) in [6.45, 7) is 0. The number of pyridine rings is 1. The standard InChI is InChI=1S/C12H8ClNO2S/c13-6-1-2-7-8-4-17-5-10(15)11(8)12(16)14-9(7)3-6/h1-3H,4-5H2,(H,14,16). The molecule has 0 fully saturated rings. The zero-order valence-corrected chi connectivity index (χ0v) is 10.3. The van der Waals surface area contributed by atoms with E-state index in [1.807, 2.05) is 6.07 Å². The predicted octanol–water partition coefficient (Wildman–Crippen LogP) is 2.61. The summed E-state index contributed by atoms with van der Waals surface area (Å²) in [5, 5.41) is 1.48. The Morgan fingerprint density at radius 1 is 1.24 bits per heavy atom. The molecule has 1 N–H and O–H groups in total. The Hall–Kier alpha value is -1.26. The van der Waals surface area contributed by atoms with Crippen molar-refractivity contribution in [2.75, 3.05) is 5.75 Å². The number of carbonyl (C=O) groups is 1. The Balaban J connectivity index is 2.46. The molecular formula is C12H8ClNO2S. The molecule has 17 heavy (non-hydrogen) atoms. The molecule has 86 valence electrons. The Morgan fingerprint density at radius 3 is 2.88 bits per heavy atom. The van der Waals surface area contributed by atoms with Crippen LogP contribution in [-0.2, 0) is 5.75 Å². The lowest BCUT2D eigenvalue weighted by Crippen LogP contribution is -2.25. The van der Waals surface area contributed by atoms with Gasteiger partial charge in [-0.15, -0.1) is 11.8 Å². The van der Waals surface area contributed by atoms with Crippen molar-refractivity contribution in [3.05, 3.63) is 44.7 Å². The fourth-order valence-electron chi connectivity index (χ4n) is 2.10. The van der Waals surface area contributed by atoms with Crippen molar-refractivity contribution in [3.63, 3.8) is 0 Å². The van der Waals surface area contributed by atoms with E-state index in [0.29, 0.717) is 27.6 Å². The molecule has 1 aliphatic rings. The van der Waals surface area contributed by atoms with Crippen LogP contribution in [0.1, 0.15) is 15.9 Å². The molecule has 3 rings (SSSR count). The second kappa shape index (κ2) is 3.89. The van der Waals surface area contributed by atoms with Crippen LogP contribution in [0.2, 0.25) is 5.02 Å². The van der Waals surface area contributed by atoms with Crippen LogP contribution in [0.3, 0.4) is 0 Å². The van der Waals surface area contributed by atoms with E-state index in [1.54, 1.807) is 12.1 Å². The maximum absolute atomic E-state index is 11.9. The first-order valence-corrected chi connectivity index (χ1v) is 6.65. The van der Waals surface area contributed by atoms with Gasteiger partial charge in [-0.3, -0.25) is 9.59 Å². The fourth-order valence-corrected chi connectivity index (χ4v) is 3.21. The number of thioether (sulfide) groups is 1. The Bertz CT molecular complexity index is 693. The third kappa shape index (κ3) is 1.68. The normalized spacial score (nSPS) is 15.0. The number of hydrogen-bond acceptors (Lipinski definition) is 3. The van der Waals surface area contributed by atoms with E-state index in [4.69, 9.17) is 11.6 Å². The summed E-state index contributed by atoms with van der Waals surface area (Å²) in [6.07, 6.45) is 0. The molecule has 0 atom stereocenters. The molecule has 2 heterocycles. The van der Waals surface area contributed by atoms with Gasteiger partial charge in [0.1, 0.15) is 0 Å².